The molecule has 36 heavy (non-hydrogen) atoms. The zero-order valence-electron chi connectivity index (χ0n) is 20.4. The number of alkyl halides is 3. The van der Waals surface area contributed by atoms with Crippen molar-refractivity contribution in [3.8, 4) is 16.9 Å². The fraction of sp³-hybridized carbons (Fsp3) is 0.476. The van der Waals surface area contributed by atoms with E-state index in [1.807, 2.05) is 0 Å². The molecule has 1 aromatic heterocycles. The maximum atomic E-state index is 14.0. The largest absolute Gasteiger partial charge is 1.00 e. The molecule has 0 spiro atoms. The normalized spacial score (nSPS) is 21.6. The Morgan fingerprint density at radius 3 is 2.11 bits per heavy atom. The van der Waals surface area contributed by atoms with E-state index in [1.165, 1.54) is 12.3 Å². The second-order valence-electron chi connectivity index (χ2n) is 9.28. The first-order chi connectivity index (χ1) is 15.5. The van der Waals surface area contributed by atoms with E-state index in [0.29, 0.717) is 30.4 Å². The fourth-order valence-corrected chi connectivity index (χ4v) is 4.25. The van der Waals surface area contributed by atoms with Gasteiger partial charge in [0.05, 0.1) is 17.3 Å². The van der Waals surface area contributed by atoms with Crippen LogP contribution in [0.2, 0.25) is 0 Å². The number of carbonyl (C=O) groups excluding carboxylic acids is 2. The summed E-state index contributed by atoms with van der Waals surface area (Å²) < 4.78 is 61.6. The number of rotatable bonds is 4. The number of carbonyl (C=O) groups is 2. The fourth-order valence-electron chi connectivity index (χ4n) is 4.25. The molecule has 3 aliphatic rings. The van der Waals surface area contributed by atoms with E-state index >= 15 is 0 Å². The van der Waals surface area contributed by atoms with Crippen molar-refractivity contribution in [3.63, 3.8) is 0 Å². The molecule has 0 aliphatic heterocycles. The zero-order chi connectivity index (χ0) is 25.5. The smallest absolute Gasteiger partial charge is 0.652 e. The molecule has 9 nitrogen and oxygen atoms in total. The average molecular weight is 566 g/mol. The number of ether oxygens (including phenoxy) is 2. The van der Waals surface area contributed by atoms with E-state index in [-0.39, 0.29) is 114 Å². The van der Waals surface area contributed by atoms with Crippen LogP contribution >= 0.6 is 0 Å². The molecule has 186 valence electrons. The van der Waals surface area contributed by atoms with Crippen LogP contribution in [0.25, 0.3) is 11.1 Å². The minimum absolute atomic E-state index is 0. The molecule has 1 heterocycles. The predicted molar refractivity (Wildman–Crippen MR) is 104 cm³/mol. The van der Waals surface area contributed by atoms with Crippen LogP contribution in [0.15, 0.2) is 30.6 Å². The number of hydrogen-bond donors (Lipinski definition) is 1. The number of carboxylic acid groups (broad SMARTS) is 2. The van der Waals surface area contributed by atoms with Crippen LogP contribution in [0.4, 0.5) is 27.2 Å². The maximum Gasteiger partial charge on any atom is 1.00 e. The van der Waals surface area contributed by atoms with Gasteiger partial charge in [-0.05, 0) is 63.9 Å². The summed E-state index contributed by atoms with van der Waals surface area (Å²) in [5.74, 6) is -1.99. The summed E-state index contributed by atoms with van der Waals surface area (Å²) in [5.41, 5.74) is -0.117. The molecule has 3 saturated carbocycles. The van der Waals surface area contributed by atoms with Gasteiger partial charge in [0, 0.05) is 11.8 Å². The van der Waals surface area contributed by atoms with Gasteiger partial charge >= 0.3 is 115 Å². The van der Waals surface area contributed by atoms with Crippen molar-refractivity contribution in [2.24, 2.45) is 0 Å². The topological polar surface area (TPSA) is 129 Å². The molecule has 0 atom stereocenters. The molecule has 1 amide bonds. The number of halogens is 4. The van der Waals surface area contributed by atoms with E-state index in [1.54, 1.807) is 31.6 Å². The van der Waals surface area contributed by atoms with Crippen LogP contribution < -0.4 is 123 Å². The van der Waals surface area contributed by atoms with Gasteiger partial charge in [0.15, 0.2) is 11.6 Å². The van der Waals surface area contributed by atoms with Crippen molar-refractivity contribution < 1.29 is 150 Å². The summed E-state index contributed by atoms with van der Waals surface area (Å²) in [4.78, 5) is 20.3. The average Bonchev–Trinajstić information content (AvgIpc) is 3.05. The van der Waals surface area contributed by atoms with Crippen LogP contribution in [0, 0.1) is 5.82 Å². The quantitative estimate of drug-likeness (QED) is 0.299. The third-order valence-electron chi connectivity index (χ3n) is 5.33. The molecule has 2 aromatic rings. The summed E-state index contributed by atoms with van der Waals surface area (Å²) in [6, 6.07) is 3.27. The molecular weight excluding hydrogens is 544 g/mol. The predicted octanol–water partition coefficient (Wildman–Crippen LogP) is -3.69. The summed E-state index contributed by atoms with van der Waals surface area (Å²) >= 11 is 0. The molecule has 0 saturated heterocycles. The Labute approximate surface area is 289 Å². The Balaban J connectivity index is 0.00000101. The molecule has 3 fully saturated rings. The van der Waals surface area contributed by atoms with E-state index in [9.17, 15) is 22.4 Å². The molecule has 2 bridgehead atoms. The Kier molecular flexibility index (Phi) is 11.5. The van der Waals surface area contributed by atoms with Gasteiger partial charge in [0.2, 0.25) is 0 Å². The van der Waals surface area contributed by atoms with Crippen molar-refractivity contribution in [3.05, 3.63) is 36.4 Å². The molecule has 1 aromatic carbocycles. The van der Waals surface area contributed by atoms with E-state index < -0.39 is 35.8 Å². The van der Waals surface area contributed by atoms with E-state index in [4.69, 9.17) is 19.7 Å². The van der Waals surface area contributed by atoms with E-state index in [0.717, 1.165) is 12.1 Å². The van der Waals surface area contributed by atoms with Crippen molar-refractivity contribution in [2.45, 2.75) is 63.1 Å². The number of aromatic nitrogens is 2. The molecular formula is C21H21F4K2N3O6. The maximum absolute atomic E-state index is 14.0. The van der Waals surface area contributed by atoms with Crippen LogP contribution in [0.5, 0.6) is 5.75 Å². The first-order valence-corrected chi connectivity index (χ1v) is 10.0. The second-order valence-corrected chi connectivity index (χ2v) is 9.28. The van der Waals surface area contributed by atoms with Crippen molar-refractivity contribution in [2.75, 3.05) is 0 Å². The summed E-state index contributed by atoms with van der Waals surface area (Å²) in [7, 11) is 0. The molecule has 5 rings (SSSR count). The Bertz CT molecular complexity index is 1080. The number of nitrogens with zero attached hydrogens (tertiary/aromatic N) is 2. The standard InChI is InChI=1S/C20H21F4N3O3.CH2O3.2K/c1-17(2,3)30-16(28)26-18-9-19(10-18,11-18)27-8-13(7-25-27)12-4-5-15(14(21)6-12)29-20(22,23)24;2-1(3)4;;/h4-8H,9-11H2,1-3H3,(H,26,28);(H2,2,3,4);;/q;;2*+1/p-2. The van der Waals surface area contributed by atoms with Gasteiger partial charge in [-0.2, -0.15) is 5.10 Å². The molecule has 1 N–H and O–H groups in total. The third-order valence-corrected chi connectivity index (χ3v) is 5.33. The number of alkyl carbamates (subject to hydrolysis) is 1. The summed E-state index contributed by atoms with van der Waals surface area (Å²) in [5, 5.41) is 23.9. The molecule has 0 unspecified atom stereocenters. The summed E-state index contributed by atoms with van der Waals surface area (Å²) in [6.45, 7) is 5.39. The first-order valence-electron chi connectivity index (χ1n) is 10.0. The minimum Gasteiger partial charge on any atom is -0.652 e. The van der Waals surface area contributed by atoms with Gasteiger partial charge in [-0.25, -0.2) is 9.18 Å². The number of benzene rings is 1. The van der Waals surface area contributed by atoms with Crippen molar-refractivity contribution >= 4 is 12.2 Å². The Hall–Kier alpha value is -0.237. The zero-order valence-corrected chi connectivity index (χ0v) is 26.6. The Morgan fingerprint density at radius 1 is 1.08 bits per heavy atom. The van der Waals surface area contributed by atoms with Gasteiger partial charge in [0.25, 0.3) is 0 Å². The second kappa shape index (κ2) is 12.3. The third kappa shape index (κ3) is 8.64. The van der Waals surface area contributed by atoms with Crippen LogP contribution in [-0.2, 0) is 10.3 Å². The molecule has 15 heteroatoms. The Morgan fingerprint density at radius 2 is 1.64 bits per heavy atom. The van der Waals surface area contributed by atoms with Gasteiger partial charge in [0.1, 0.15) is 5.60 Å². The van der Waals surface area contributed by atoms with Gasteiger partial charge < -0.3 is 29.8 Å². The molecule has 3 aliphatic carbocycles. The van der Waals surface area contributed by atoms with Crippen LogP contribution in [-0.4, -0.2) is 39.5 Å². The summed E-state index contributed by atoms with van der Waals surface area (Å²) in [6.07, 6.45) is -2.37. The van der Waals surface area contributed by atoms with Crippen molar-refractivity contribution in [1.82, 2.24) is 15.1 Å². The number of nitrogens with one attached hydrogen (secondary N) is 1. The molecule has 0 radical (unpaired) electrons. The van der Waals surface area contributed by atoms with Gasteiger partial charge in [-0.3, -0.25) is 4.68 Å². The van der Waals surface area contributed by atoms with Gasteiger partial charge in [-0.1, -0.05) is 6.07 Å². The minimum atomic E-state index is -4.96. The number of hydrogen-bond acceptors (Lipinski definition) is 7. The first kappa shape index (κ1) is 33.8. The van der Waals surface area contributed by atoms with Crippen LogP contribution in [0.1, 0.15) is 40.0 Å². The number of amides is 1. The van der Waals surface area contributed by atoms with Crippen LogP contribution in [0.3, 0.4) is 0 Å². The monoisotopic (exact) mass is 565 g/mol. The van der Waals surface area contributed by atoms with E-state index in [2.05, 4.69) is 15.2 Å². The van der Waals surface area contributed by atoms with Crippen molar-refractivity contribution in [1.29, 1.82) is 0 Å². The SMILES string of the molecule is CC(C)(C)OC(=O)NC12CC(n3cc(-c4ccc(OC(F)(F)F)c(F)c4)cn3)(C1)C2.O=C([O-])[O-].[K+].[K+]. The van der Waals surface area contributed by atoms with Gasteiger partial charge in [-0.15, -0.1) is 13.2 Å².